The minimum absolute atomic E-state index is 0.000224. The number of aromatic nitrogens is 1. The minimum atomic E-state index is -0.629. The molecule has 1 aliphatic heterocycles. The van der Waals surface area contributed by atoms with Gasteiger partial charge in [0.05, 0.1) is 17.7 Å². The lowest BCUT2D eigenvalue weighted by atomic mass is 10.0. The number of imide groups is 1. The summed E-state index contributed by atoms with van der Waals surface area (Å²) in [6, 6.07) is 7.85. The number of benzene rings is 1. The third-order valence-corrected chi connectivity index (χ3v) is 4.67. The second-order valence-corrected chi connectivity index (χ2v) is 6.49. The number of fused-ring (bicyclic) bond motifs is 1. The van der Waals surface area contributed by atoms with Crippen LogP contribution in [0.4, 0.5) is 0 Å². The molecule has 0 saturated carbocycles. The van der Waals surface area contributed by atoms with Crippen molar-refractivity contribution in [1.82, 2.24) is 9.47 Å². The average molecular weight is 382 g/mol. The van der Waals surface area contributed by atoms with Crippen LogP contribution in [-0.2, 0) is 23.1 Å². The maximum Gasteiger partial charge on any atom is 0.303 e. The third kappa shape index (κ3) is 3.24. The zero-order chi connectivity index (χ0) is 20.6. The van der Waals surface area contributed by atoms with E-state index in [4.69, 9.17) is 4.74 Å². The number of Topliss-reactive ketones (excluding diaryl/α,β-unsaturated/α-hetero) is 1. The fourth-order valence-electron chi connectivity index (χ4n) is 3.06. The molecule has 0 spiro atoms. The van der Waals surface area contributed by atoms with Crippen molar-refractivity contribution in [2.24, 2.45) is 7.05 Å². The Morgan fingerprint density at radius 2 is 1.61 bits per heavy atom. The molecule has 2 aromatic rings. The van der Waals surface area contributed by atoms with Gasteiger partial charge in [-0.3, -0.25) is 28.9 Å². The van der Waals surface area contributed by atoms with Crippen molar-refractivity contribution >= 4 is 23.6 Å². The maximum absolute atomic E-state index is 12.8. The number of aryl methyl sites for hydroxylation is 1. The fraction of sp³-hybridized carbons (Fsp3) is 0.250. The van der Waals surface area contributed by atoms with Crippen LogP contribution in [-0.4, -0.2) is 39.6 Å². The molecule has 1 aromatic heterocycles. The molecule has 28 heavy (non-hydrogen) atoms. The van der Waals surface area contributed by atoms with Crippen LogP contribution in [0.15, 0.2) is 35.1 Å². The molecule has 1 aliphatic rings. The molecule has 0 unspecified atom stereocenters. The highest BCUT2D eigenvalue weighted by Gasteiger charge is 2.36. The van der Waals surface area contributed by atoms with Gasteiger partial charge in [0, 0.05) is 30.8 Å². The summed E-state index contributed by atoms with van der Waals surface area (Å²) < 4.78 is 6.07. The zero-order valence-electron chi connectivity index (χ0n) is 15.6. The number of ketones is 1. The van der Waals surface area contributed by atoms with Gasteiger partial charge >= 0.3 is 5.97 Å². The van der Waals surface area contributed by atoms with Gasteiger partial charge in [0.1, 0.15) is 0 Å². The van der Waals surface area contributed by atoms with Gasteiger partial charge in [0.15, 0.2) is 6.61 Å². The molecule has 8 nitrogen and oxygen atoms in total. The van der Waals surface area contributed by atoms with Gasteiger partial charge in [-0.1, -0.05) is 12.1 Å². The fourth-order valence-corrected chi connectivity index (χ4v) is 3.06. The summed E-state index contributed by atoms with van der Waals surface area (Å²) in [6.45, 7) is 1.94. The van der Waals surface area contributed by atoms with E-state index in [1.165, 1.54) is 36.7 Å². The van der Waals surface area contributed by atoms with E-state index in [9.17, 15) is 24.0 Å². The van der Waals surface area contributed by atoms with Crippen molar-refractivity contribution in [3.8, 4) is 0 Å². The predicted octanol–water partition coefficient (Wildman–Crippen LogP) is 1.24. The Kier molecular flexibility index (Phi) is 4.96. The first-order valence-electron chi connectivity index (χ1n) is 8.53. The second kappa shape index (κ2) is 7.22. The van der Waals surface area contributed by atoms with E-state index < -0.39 is 35.7 Å². The topological polar surface area (TPSA) is 103 Å². The standard InChI is InChI=1S/C20H18N2O6/c1-11-8-15(17(24)10-28-12(2)23)16(18(25)21(11)3)9-22-19(26)13-6-4-5-7-14(13)20(22)27/h4-8H,9-10H2,1-3H3. The van der Waals surface area contributed by atoms with Crippen LogP contribution >= 0.6 is 0 Å². The van der Waals surface area contributed by atoms with Crippen LogP contribution in [0.3, 0.4) is 0 Å². The lowest BCUT2D eigenvalue weighted by molar-refractivity contribution is -0.139. The summed E-state index contributed by atoms with van der Waals surface area (Å²) in [6.07, 6.45) is 0. The summed E-state index contributed by atoms with van der Waals surface area (Å²) in [5, 5.41) is 0. The van der Waals surface area contributed by atoms with Gasteiger partial charge in [0.2, 0.25) is 5.78 Å². The Hall–Kier alpha value is -3.55. The molecule has 0 radical (unpaired) electrons. The van der Waals surface area contributed by atoms with Gasteiger partial charge < -0.3 is 9.30 Å². The first-order chi connectivity index (χ1) is 13.2. The van der Waals surface area contributed by atoms with E-state index in [0.29, 0.717) is 5.69 Å². The second-order valence-electron chi connectivity index (χ2n) is 6.49. The summed E-state index contributed by atoms with van der Waals surface area (Å²) >= 11 is 0. The Bertz CT molecular complexity index is 1050. The van der Waals surface area contributed by atoms with E-state index in [1.54, 1.807) is 19.1 Å². The SMILES string of the molecule is CC(=O)OCC(=O)c1cc(C)n(C)c(=O)c1CN1C(=O)c2ccccc2C1=O. The van der Waals surface area contributed by atoms with Crippen molar-refractivity contribution in [2.45, 2.75) is 20.4 Å². The smallest absolute Gasteiger partial charge is 0.303 e. The largest absolute Gasteiger partial charge is 0.457 e. The van der Waals surface area contributed by atoms with E-state index in [1.807, 2.05) is 0 Å². The van der Waals surface area contributed by atoms with E-state index in [0.717, 1.165) is 4.90 Å². The molecule has 1 aromatic carbocycles. The minimum Gasteiger partial charge on any atom is -0.457 e. The van der Waals surface area contributed by atoms with Crippen LogP contribution in [0.2, 0.25) is 0 Å². The van der Waals surface area contributed by atoms with Crippen LogP contribution < -0.4 is 5.56 Å². The molecule has 2 amide bonds. The van der Waals surface area contributed by atoms with Crippen molar-refractivity contribution < 1.29 is 23.9 Å². The first-order valence-corrected chi connectivity index (χ1v) is 8.53. The van der Waals surface area contributed by atoms with Crippen LogP contribution in [0.1, 0.15) is 49.3 Å². The molecule has 8 heteroatoms. The van der Waals surface area contributed by atoms with Gasteiger partial charge in [-0.2, -0.15) is 0 Å². The quantitative estimate of drug-likeness (QED) is 0.438. The number of nitrogens with zero attached hydrogens (tertiary/aromatic N) is 2. The first kappa shape index (κ1) is 19.2. The highest BCUT2D eigenvalue weighted by molar-refractivity contribution is 6.21. The molecular weight excluding hydrogens is 364 g/mol. The summed E-state index contributed by atoms with van der Waals surface area (Å²) in [5.74, 6) is -2.26. The van der Waals surface area contributed by atoms with Crippen molar-refractivity contribution in [1.29, 1.82) is 0 Å². The van der Waals surface area contributed by atoms with E-state index in [-0.39, 0.29) is 28.8 Å². The average Bonchev–Trinajstić information content (AvgIpc) is 2.91. The van der Waals surface area contributed by atoms with E-state index >= 15 is 0 Å². The van der Waals surface area contributed by atoms with Crippen LogP contribution in [0, 0.1) is 6.92 Å². The molecule has 0 N–H and O–H groups in total. The molecule has 2 heterocycles. The Morgan fingerprint density at radius 1 is 1.04 bits per heavy atom. The maximum atomic E-state index is 12.8. The van der Waals surface area contributed by atoms with Crippen molar-refractivity contribution in [3.05, 3.63) is 68.6 Å². The van der Waals surface area contributed by atoms with Gasteiger partial charge in [-0.25, -0.2) is 0 Å². The molecular formula is C20H18N2O6. The number of hydrogen-bond donors (Lipinski definition) is 0. The number of amides is 2. The molecule has 0 bridgehead atoms. The Balaban J connectivity index is 2.02. The zero-order valence-corrected chi connectivity index (χ0v) is 15.6. The van der Waals surface area contributed by atoms with E-state index in [2.05, 4.69) is 0 Å². The van der Waals surface area contributed by atoms with Crippen molar-refractivity contribution in [2.75, 3.05) is 6.61 Å². The van der Waals surface area contributed by atoms with Crippen LogP contribution in [0.5, 0.6) is 0 Å². The number of rotatable bonds is 5. The van der Waals surface area contributed by atoms with Gasteiger partial charge in [-0.05, 0) is 25.1 Å². The molecule has 0 saturated heterocycles. The molecule has 0 aliphatic carbocycles. The lowest BCUT2D eigenvalue weighted by Gasteiger charge is -2.18. The molecule has 3 rings (SSSR count). The van der Waals surface area contributed by atoms with Gasteiger partial charge in [0.25, 0.3) is 17.4 Å². The monoisotopic (exact) mass is 382 g/mol. The highest BCUT2D eigenvalue weighted by Crippen LogP contribution is 2.24. The molecule has 0 atom stereocenters. The molecule has 144 valence electrons. The normalized spacial score (nSPS) is 12.9. The number of pyridine rings is 1. The predicted molar refractivity (Wildman–Crippen MR) is 98.0 cm³/mol. The summed E-state index contributed by atoms with van der Waals surface area (Å²) in [5.41, 5.74) is 0.552. The number of esters is 1. The van der Waals surface area contributed by atoms with Gasteiger partial charge in [-0.15, -0.1) is 0 Å². The van der Waals surface area contributed by atoms with Crippen molar-refractivity contribution in [3.63, 3.8) is 0 Å². The Labute approximate surface area is 160 Å². The highest BCUT2D eigenvalue weighted by atomic mass is 16.5. The number of carbonyl (C=O) groups excluding carboxylic acids is 4. The molecule has 0 fully saturated rings. The number of carbonyl (C=O) groups is 4. The van der Waals surface area contributed by atoms with Crippen LogP contribution in [0.25, 0.3) is 0 Å². The third-order valence-electron chi connectivity index (χ3n) is 4.67. The summed E-state index contributed by atoms with van der Waals surface area (Å²) in [7, 11) is 1.53. The number of ether oxygens (including phenoxy) is 1. The number of hydrogen-bond acceptors (Lipinski definition) is 6. The summed E-state index contributed by atoms with van der Waals surface area (Å²) in [4.78, 5) is 62.5. The lowest BCUT2D eigenvalue weighted by Crippen LogP contribution is -2.35. The Morgan fingerprint density at radius 3 is 2.14 bits per heavy atom.